The summed E-state index contributed by atoms with van der Waals surface area (Å²) in [5.41, 5.74) is 6.08. The zero-order valence-electron chi connectivity index (χ0n) is 10.5. The fraction of sp³-hybridized carbons (Fsp3) is 1.00. The molecule has 3 heteroatoms. The first kappa shape index (κ1) is 13.9. The number of nitrogens with zero attached hydrogens (tertiary/aromatic N) is 2. The van der Waals surface area contributed by atoms with Crippen molar-refractivity contribution in [1.82, 2.24) is 9.80 Å². The van der Waals surface area contributed by atoms with Crippen molar-refractivity contribution in [2.75, 3.05) is 40.8 Å². The van der Waals surface area contributed by atoms with Gasteiger partial charge in [-0.1, -0.05) is 20.3 Å². The quantitative estimate of drug-likeness (QED) is 0.663. The van der Waals surface area contributed by atoms with Gasteiger partial charge >= 0.3 is 0 Å². The Labute approximate surface area is 89.2 Å². The van der Waals surface area contributed by atoms with Crippen LogP contribution in [0.25, 0.3) is 0 Å². The summed E-state index contributed by atoms with van der Waals surface area (Å²) in [6.45, 7) is 7.62. The summed E-state index contributed by atoms with van der Waals surface area (Å²) in [6, 6.07) is 0.312. The molecule has 0 bridgehead atoms. The third-order valence-electron chi connectivity index (χ3n) is 2.83. The highest BCUT2D eigenvalue weighted by Crippen LogP contribution is 2.05. The van der Waals surface area contributed by atoms with Gasteiger partial charge in [-0.2, -0.15) is 0 Å². The molecule has 0 saturated carbocycles. The lowest BCUT2D eigenvalue weighted by molar-refractivity contribution is 0.246. The molecule has 0 aromatic heterocycles. The van der Waals surface area contributed by atoms with E-state index in [4.69, 9.17) is 5.73 Å². The lowest BCUT2D eigenvalue weighted by Crippen LogP contribution is -2.41. The van der Waals surface area contributed by atoms with E-state index in [1.807, 2.05) is 0 Å². The first-order chi connectivity index (χ1) is 6.47. The smallest absolute Gasteiger partial charge is 0.0193 e. The summed E-state index contributed by atoms with van der Waals surface area (Å²) in [5.74, 6) is 0.622. The maximum atomic E-state index is 6.08. The van der Waals surface area contributed by atoms with Crippen molar-refractivity contribution < 1.29 is 0 Å². The predicted octanol–water partition coefficient (Wildman–Crippen LogP) is 0.853. The Bertz CT molecular complexity index is 136. The molecule has 0 aliphatic heterocycles. The summed E-state index contributed by atoms with van der Waals surface area (Å²) < 4.78 is 0. The van der Waals surface area contributed by atoms with Crippen LogP contribution in [0.2, 0.25) is 0 Å². The molecule has 0 aliphatic carbocycles. The highest BCUT2D eigenvalue weighted by Gasteiger charge is 2.12. The van der Waals surface area contributed by atoms with Crippen molar-refractivity contribution in [3.63, 3.8) is 0 Å². The summed E-state index contributed by atoms with van der Waals surface area (Å²) >= 11 is 0. The molecule has 14 heavy (non-hydrogen) atoms. The van der Waals surface area contributed by atoms with Crippen LogP contribution >= 0.6 is 0 Å². The maximum absolute atomic E-state index is 6.08. The van der Waals surface area contributed by atoms with Crippen molar-refractivity contribution in [1.29, 1.82) is 0 Å². The van der Waals surface area contributed by atoms with Crippen LogP contribution in [-0.4, -0.2) is 56.6 Å². The minimum atomic E-state index is 0.312. The molecule has 2 atom stereocenters. The maximum Gasteiger partial charge on any atom is 0.0193 e. The zero-order valence-corrected chi connectivity index (χ0v) is 10.5. The Hall–Kier alpha value is -0.120. The molecule has 0 radical (unpaired) electrons. The van der Waals surface area contributed by atoms with Gasteiger partial charge in [0.05, 0.1) is 0 Å². The van der Waals surface area contributed by atoms with E-state index >= 15 is 0 Å². The number of rotatable bonds is 7. The molecule has 0 aromatic rings. The second-order valence-corrected chi connectivity index (χ2v) is 4.61. The van der Waals surface area contributed by atoms with E-state index in [9.17, 15) is 0 Å². The summed E-state index contributed by atoms with van der Waals surface area (Å²) in [5, 5.41) is 0. The molecule has 0 saturated heterocycles. The Morgan fingerprint density at radius 3 is 2.14 bits per heavy atom. The normalized spacial score (nSPS) is 16.3. The number of nitrogens with two attached hydrogens (primary N) is 1. The van der Waals surface area contributed by atoms with Crippen molar-refractivity contribution in [2.45, 2.75) is 26.3 Å². The minimum absolute atomic E-state index is 0.312. The molecule has 0 spiro atoms. The van der Waals surface area contributed by atoms with Crippen molar-refractivity contribution in [2.24, 2.45) is 11.7 Å². The van der Waals surface area contributed by atoms with E-state index in [2.05, 4.69) is 44.8 Å². The number of hydrogen-bond acceptors (Lipinski definition) is 3. The topological polar surface area (TPSA) is 32.5 Å². The third-order valence-corrected chi connectivity index (χ3v) is 2.83. The molecule has 0 amide bonds. The monoisotopic (exact) mass is 201 g/mol. The molecule has 0 aliphatic rings. The SMILES string of the molecule is CCC(C)C(N)CN(C)CCN(C)C. The second kappa shape index (κ2) is 7.21. The van der Waals surface area contributed by atoms with E-state index in [0.29, 0.717) is 12.0 Å². The van der Waals surface area contributed by atoms with Crippen LogP contribution in [0, 0.1) is 5.92 Å². The molecule has 0 heterocycles. The lowest BCUT2D eigenvalue weighted by Gasteiger charge is -2.25. The van der Waals surface area contributed by atoms with Gasteiger partial charge in [0.1, 0.15) is 0 Å². The van der Waals surface area contributed by atoms with Gasteiger partial charge in [0.15, 0.2) is 0 Å². The van der Waals surface area contributed by atoms with E-state index in [1.165, 1.54) is 6.42 Å². The average Bonchev–Trinajstić information content (AvgIpc) is 2.13. The van der Waals surface area contributed by atoms with Gasteiger partial charge in [0, 0.05) is 25.7 Å². The third kappa shape index (κ3) is 6.35. The average molecular weight is 201 g/mol. The van der Waals surface area contributed by atoms with Gasteiger partial charge in [0.2, 0.25) is 0 Å². The van der Waals surface area contributed by atoms with Crippen molar-refractivity contribution >= 4 is 0 Å². The Kier molecular flexibility index (Phi) is 7.15. The van der Waals surface area contributed by atoms with E-state index < -0.39 is 0 Å². The van der Waals surface area contributed by atoms with Crippen LogP contribution in [0.5, 0.6) is 0 Å². The van der Waals surface area contributed by atoms with Crippen molar-refractivity contribution in [3.05, 3.63) is 0 Å². The van der Waals surface area contributed by atoms with Crippen LogP contribution in [0.4, 0.5) is 0 Å². The fourth-order valence-electron chi connectivity index (χ4n) is 1.30. The summed E-state index contributed by atoms with van der Waals surface area (Å²) in [6.07, 6.45) is 1.17. The fourth-order valence-corrected chi connectivity index (χ4v) is 1.30. The molecule has 0 rings (SSSR count). The van der Waals surface area contributed by atoms with E-state index in [-0.39, 0.29) is 0 Å². The standard InChI is InChI=1S/C11H27N3/c1-6-10(2)11(12)9-14(5)8-7-13(3)4/h10-11H,6-9,12H2,1-5H3. The van der Waals surface area contributed by atoms with Crippen molar-refractivity contribution in [3.8, 4) is 0 Å². The van der Waals surface area contributed by atoms with Crippen LogP contribution < -0.4 is 5.73 Å². The molecule has 86 valence electrons. The zero-order chi connectivity index (χ0) is 11.1. The van der Waals surface area contributed by atoms with Gasteiger partial charge in [-0.05, 0) is 27.1 Å². The van der Waals surface area contributed by atoms with Crippen LogP contribution in [-0.2, 0) is 0 Å². The molecule has 3 nitrogen and oxygen atoms in total. The number of hydrogen-bond donors (Lipinski definition) is 1. The molecule has 2 unspecified atom stereocenters. The highest BCUT2D eigenvalue weighted by molar-refractivity contribution is 4.71. The first-order valence-corrected chi connectivity index (χ1v) is 5.56. The van der Waals surface area contributed by atoms with Gasteiger partial charge < -0.3 is 15.5 Å². The van der Waals surface area contributed by atoms with Crippen LogP contribution in [0.15, 0.2) is 0 Å². The van der Waals surface area contributed by atoms with Gasteiger partial charge in [0.25, 0.3) is 0 Å². The Morgan fingerprint density at radius 2 is 1.71 bits per heavy atom. The minimum Gasteiger partial charge on any atom is -0.326 e. The van der Waals surface area contributed by atoms with E-state index in [1.54, 1.807) is 0 Å². The Balaban J connectivity index is 3.65. The molecular weight excluding hydrogens is 174 g/mol. The van der Waals surface area contributed by atoms with Gasteiger partial charge in [-0.3, -0.25) is 0 Å². The first-order valence-electron chi connectivity index (χ1n) is 5.56. The largest absolute Gasteiger partial charge is 0.326 e. The second-order valence-electron chi connectivity index (χ2n) is 4.61. The molecule has 0 fully saturated rings. The number of likely N-dealkylation sites (N-methyl/N-ethyl adjacent to an activating group) is 2. The van der Waals surface area contributed by atoms with Gasteiger partial charge in [-0.25, -0.2) is 0 Å². The summed E-state index contributed by atoms with van der Waals surface area (Å²) in [4.78, 5) is 4.52. The van der Waals surface area contributed by atoms with Gasteiger partial charge in [-0.15, -0.1) is 0 Å². The molecular formula is C11H27N3. The van der Waals surface area contributed by atoms with Crippen LogP contribution in [0.1, 0.15) is 20.3 Å². The molecule has 2 N–H and O–H groups in total. The predicted molar refractivity (Wildman–Crippen MR) is 63.5 cm³/mol. The Morgan fingerprint density at radius 1 is 1.14 bits per heavy atom. The van der Waals surface area contributed by atoms with E-state index in [0.717, 1.165) is 19.6 Å². The lowest BCUT2D eigenvalue weighted by atomic mass is 10.00. The van der Waals surface area contributed by atoms with Crippen LogP contribution in [0.3, 0.4) is 0 Å². The highest BCUT2D eigenvalue weighted by atomic mass is 15.2. The summed E-state index contributed by atoms with van der Waals surface area (Å²) in [7, 11) is 6.34. The molecule has 0 aromatic carbocycles.